The quantitative estimate of drug-likeness (QED) is 0.518. The third-order valence-electron chi connectivity index (χ3n) is 1.89. The van der Waals surface area contributed by atoms with Crippen LogP contribution in [0.3, 0.4) is 0 Å². The molecule has 0 radical (unpaired) electrons. The number of nitriles is 1. The molecule has 1 amide bonds. The number of rotatable bonds is 1. The molecule has 0 aromatic heterocycles. The number of hydrogen-bond donors (Lipinski definition) is 0. The van der Waals surface area contributed by atoms with Gasteiger partial charge in [-0.3, -0.25) is 4.79 Å². The van der Waals surface area contributed by atoms with E-state index in [1.165, 1.54) is 13.8 Å². The Bertz CT molecular complexity index is 363. The fourth-order valence-corrected chi connectivity index (χ4v) is 2.40. The molecule has 5 nitrogen and oxygen atoms in total. The Balaban J connectivity index is 3.03. The van der Waals surface area contributed by atoms with Crippen molar-refractivity contribution < 1.29 is 13.2 Å². The van der Waals surface area contributed by atoms with Crippen molar-refractivity contribution in [1.29, 1.82) is 5.26 Å². The number of amides is 1. The van der Waals surface area contributed by atoms with Gasteiger partial charge in [0.05, 0.1) is 6.07 Å². The van der Waals surface area contributed by atoms with E-state index >= 15 is 0 Å². The first-order chi connectivity index (χ1) is 5.35. The van der Waals surface area contributed by atoms with Gasteiger partial charge in [0.1, 0.15) is 6.54 Å². The van der Waals surface area contributed by atoms with Gasteiger partial charge in [-0.25, -0.2) is 12.7 Å². The average Bonchev–Trinajstić information content (AvgIpc) is 1.98. The second-order valence-corrected chi connectivity index (χ2v) is 5.40. The van der Waals surface area contributed by atoms with E-state index < -0.39 is 20.7 Å². The second-order valence-electron chi connectivity index (χ2n) is 2.99. The van der Waals surface area contributed by atoms with Crippen molar-refractivity contribution in [3.63, 3.8) is 0 Å². The van der Waals surface area contributed by atoms with E-state index in [1.807, 2.05) is 0 Å². The Kier molecular flexibility index (Phi) is 1.65. The average molecular weight is 188 g/mol. The van der Waals surface area contributed by atoms with Crippen molar-refractivity contribution in [1.82, 2.24) is 4.31 Å². The zero-order valence-electron chi connectivity index (χ0n) is 6.73. The van der Waals surface area contributed by atoms with Gasteiger partial charge in [0.2, 0.25) is 0 Å². The summed E-state index contributed by atoms with van der Waals surface area (Å²) in [6.45, 7) is 2.28. The number of carbonyl (C=O) groups excluding carboxylic acids is 1. The van der Waals surface area contributed by atoms with E-state index in [4.69, 9.17) is 5.26 Å². The maximum absolute atomic E-state index is 11.2. The van der Waals surface area contributed by atoms with Crippen molar-refractivity contribution in [2.45, 2.75) is 18.6 Å². The summed E-state index contributed by atoms with van der Waals surface area (Å²) in [5.41, 5.74) is 0. The molecule has 6 heteroatoms. The van der Waals surface area contributed by atoms with Crippen LogP contribution in [0.4, 0.5) is 0 Å². The van der Waals surface area contributed by atoms with Crippen LogP contribution in [0.25, 0.3) is 0 Å². The van der Waals surface area contributed by atoms with E-state index in [2.05, 4.69) is 0 Å². The standard InChI is InChI=1S/C6H8N2O3S/c1-6(2)5(9)8(4-3-7)12(6,10)11/h4H2,1-2H3. The molecule has 1 fully saturated rings. The maximum atomic E-state index is 11.2. The Morgan fingerprint density at radius 1 is 1.58 bits per heavy atom. The molecule has 12 heavy (non-hydrogen) atoms. The molecule has 1 aliphatic rings. The first-order valence-corrected chi connectivity index (χ1v) is 4.73. The van der Waals surface area contributed by atoms with Gasteiger partial charge in [0.15, 0.2) is 4.75 Å². The molecular formula is C6H8N2O3S. The van der Waals surface area contributed by atoms with Crippen molar-refractivity contribution in [2.24, 2.45) is 0 Å². The van der Waals surface area contributed by atoms with Crippen LogP contribution in [0.2, 0.25) is 0 Å². The molecule has 1 heterocycles. The first kappa shape index (κ1) is 9.00. The van der Waals surface area contributed by atoms with Crippen LogP contribution in [0.15, 0.2) is 0 Å². The lowest BCUT2D eigenvalue weighted by atomic mass is 10.2. The summed E-state index contributed by atoms with van der Waals surface area (Å²) in [6.07, 6.45) is 0. The summed E-state index contributed by atoms with van der Waals surface area (Å²) in [5.74, 6) is -0.510. The monoisotopic (exact) mass is 188 g/mol. The molecule has 1 rings (SSSR count). The minimum atomic E-state index is -3.55. The highest BCUT2D eigenvalue weighted by atomic mass is 32.2. The Morgan fingerprint density at radius 3 is 2.42 bits per heavy atom. The van der Waals surface area contributed by atoms with Crippen molar-refractivity contribution in [2.75, 3.05) is 6.54 Å². The Hall–Kier alpha value is -1.09. The van der Waals surface area contributed by atoms with Gasteiger partial charge >= 0.3 is 0 Å². The normalized spacial score (nSPS) is 24.4. The van der Waals surface area contributed by atoms with Crippen LogP contribution in [-0.2, 0) is 14.8 Å². The van der Waals surface area contributed by atoms with E-state index in [-0.39, 0.29) is 6.54 Å². The van der Waals surface area contributed by atoms with Crippen LogP contribution >= 0.6 is 0 Å². The van der Waals surface area contributed by atoms with Gasteiger partial charge in [-0.05, 0) is 13.8 Å². The summed E-state index contributed by atoms with van der Waals surface area (Å²) in [7, 11) is -3.55. The number of nitrogens with zero attached hydrogens (tertiary/aromatic N) is 2. The fraction of sp³-hybridized carbons (Fsp3) is 0.667. The lowest BCUT2D eigenvalue weighted by molar-refractivity contribution is -0.131. The molecule has 0 unspecified atom stereocenters. The molecule has 0 spiro atoms. The molecular weight excluding hydrogens is 180 g/mol. The van der Waals surface area contributed by atoms with E-state index in [0.717, 1.165) is 0 Å². The third-order valence-corrected chi connectivity index (χ3v) is 4.23. The molecule has 1 saturated heterocycles. The Morgan fingerprint density at radius 2 is 2.08 bits per heavy atom. The summed E-state index contributed by atoms with van der Waals surface area (Å²) >= 11 is 0. The Labute approximate surface area is 70.6 Å². The van der Waals surface area contributed by atoms with Gasteiger partial charge in [-0.15, -0.1) is 0 Å². The van der Waals surface area contributed by atoms with Crippen molar-refractivity contribution in [3.8, 4) is 6.07 Å². The minimum Gasteiger partial charge on any atom is -0.272 e. The third kappa shape index (κ3) is 0.770. The van der Waals surface area contributed by atoms with Gasteiger partial charge in [0, 0.05) is 0 Å². The highest BCUT2D eigenvalue weighted by Crippen LogP contribution is 2.33. The van der Waals surface area contributed by atoms with Gasteiger partial charge in [-0.2, -0.15) is 5.26 Å². The van der Waals surface area contributed by atoms with Crippen LogP contribution < -0.4 is 0 Å². The predicted octanol–water partition coefficient (Wildman–Crippen LogP) is -0.539. The zero-order valence-corrected chi connectivity index (χ0v) is 7.55. The smallest absolute Gasteiger partial charge is 0.259 e. The molecule has 0 aromatic carbocycles. The molecule has 0 atom stereocenters. The molecule has 66 valence electrons. The van der Waals surface area contributed by atoms with Crippen molar-refractivity contribution in [3.05, 3.63) is 0 Å². The number of hydrogen-bond acceptors (Lipinski definition) is 4. The van der Waals surface area contributed by atoms with Crippen LogP contribution in [0.1, 0.15) is 13.8 Å². The summed E-state index contributed by atoms with van der Waals surface area (Å²) < 4.78 is 21.7. The second kappa shape index (κ2) is 2.20. The van der Waals surface area contributed by atoms with Gasteiger partial charge < -0.3 is 0 Å². The predicted molar refractivity (Wildman–Crippen MR) is 40.3 cm³/mol. The molecule has 0 aliphatic carbocycles. The topological polar surface area (TPSA) is 78.2 Å². The molecule has 0 saturated carbocycles. The van der Waals surface area contributed by atoms with Crippen molar-refractivity contribution >= 4 is 15.9 Å². The largest absolute Gasteiger partial charge is 0.272 e. The highest BCUT2D eigenvalue weighted by Gasteiger charge is 2.59. The fourth-order valence-electron chi connectivity index (χ4n) is 0.977. The molecule has 0 bridgehead atoms. The lowest BCUT2D eigenvalue weighted by Crippen LogP contribution is -2.67. The van der Waals surface area contributed by atoms with Crippen LogP contribution in [0.5, 0.6) is 0 Å². The summed E-state index contributed by atoms with van der Waals surface area (Å²) in [4.78, 5) is 11.1. The molecule has 0 aromatic rings. The van der Waals surface area contributed by atoms with E-state index in [0.29, 0.717) is 4.31 Å². The maximum Gasteiger partial charge on any atom is 0.259 e. The molecule has 0 N–H and O–H groups in total. The summed E-state index contributed by atoms with van der Waals surface area (Å²) in [6, 6.07) is 1.62. The van der Waals surface area contributed by atoms with Gasteiger partial charge in [-0.1, -0.05) is 0 Å². The first-order valence-electron chi connectivity index (χ1n) is 3.29. The highest BCUT2D eigenvalue weighted by molar-refractivity contribution is 7.94. The lowest BCUT2D eigenvalue weighted by Gasteiger charge is -2.41. The summed E-state index contributed by atoms with van der Waals surface area (Å²) in [5, 5.41) is 8.21. The zero-order chi connectivity index (χ0) is 9.57. The SMILES string of the molecule is CC1(C)C(=O)N(CC#N)S1(=O)=O. The van der Waals surface area contributed by atoms with E-state index in [1.54, 1.807) is 6.07 Å². The van der Waals surface area contributed by atoms with Gasteiger partial charge in [0.25, 0.3) is 15.9 Å². The van der Waals surface area contributed by atoms with Crippen LogP contribution in [0, 0.1) is 11.3 Å². The number of carbonyl (C=O) groups is 1. The van der Waals surface area contributed by atoms with E-state index in [9.17, 15) is 13.2 Å². The van der Waals surface area contributed by atoms with Crippen LogP contribution in [-0.4, -0.2) is 29.9 Å². The minimum absolute atomic E-state index is 0.384. The number of sulfonamides is 1. The molecule has 1 aliphatic heterocycles.